The number of hydrogen-bond donors (Lipinski definition) is 2. The second-order valence-corrected chi connectivity index (χ2v) is 7.13. The topological polar surface area (TPSA) is 92.3 Å². The van der Waals surface area contributed by atoms with Crippen molar-refractivity contribution in [3.05, 3.63) is 57.6 Å². The Kier molecular flexibility index (Phi) is 3.79. The molecule has 2 amide bonds. The number of imide groups is 1. The van der Waals surface area contributed by atoms with Gasteiger partial charge in [-0.15, -0.1) is 0 Å². The quantitative estimate of drug-likeness (QED) is 0.812. The van der Waals surface area contributed by atoms with E-state index in [0.29, 0.717) is 0 Å². The van der Waals surface area contributed by atoms with Gasteiger partial charge in [0.05, 0.1) is 21.2 Å². The van der Waals surface area contributed by atoms with Crippen LogP contribution in [0.15, 0.2) is 41.3 Å². The van der Waals surface area contributed by atoms with Gasteiger partial charge in [0.2, 0.25) is 0 Å². The third-order valence-electron chi connectivity index (χ3n) is 3.18. The average molecular weight is 371 g/mol. The molecular formula is C14H8Cl2N2O4S. The summed E-state index contributed by atoms with van der Waals surface area (Å²) < 4.78 is 27.2. The van der Waals surface area contributed by atoms with Gasteiger partial charge < -0.3 is 0 Å². The summed E-state index contributed by atoms with van der Waals surface area (Å²) in [7, 11) is -4.05. The van der Waals surface area contributed by atoms with Gasteiger partial charge in [-0.05, 0) is 30.3 Å². The summed E-state index contributed by atoms with van der Waals surface area (Å²) in [5, 5.41) is 2.07. The first-order chi connectivity index (χ1) is 10.8. The lowest BCUT2D eigenvalue weighted by atomic mass is 10.1. The summed E-state index contributed by atoms with van der Waals surface area (Å²) >= 11 is 11.8. The van der Waals surface area contributed by atoms with E-state index < -0.39 is 21.8 Å². The maximum absolute atomic E-state index is 12.4. The largest absolute Gasteiger partial charge is 0.288 e. The average Bonchev–Trinajstić information content (AvgIpc) is 2.72. The number of sulfonamides is 1. The maximum atomic E-state index is 12.4. The molecule has 0 fully saturated rings. The first-order valence-electron chi connectivity index (χ1n) is 6.26. The molecule has 2 aromatic carbocycles. The standard InChI is InChI=1S/C14H8Cl2N2O4S/c15-10-2-1-3-11(16)12(10)23(21,22)18-7-4-5-8-9(6-7)14(20)17-13(8)19/h1-6,18H,(H,17,19,20). The van der Waals surface area contributed by atoms with Crippen molar-refractivity contribution in [2.45, 2.75) is 4.90 Å². The van der Waals surface area contributed by atoms with Crippen LogP contribution in [0.5, 0.6) is 0 Å². The molecule has 0 atom stereocenters. The third kappa shape index (κ3) is 2.78. The minimum Gasteiger partial charge on any atom is -0.288 e. The van der Waals surface area contributed by atoms with E-state index in [4.69, 9.17) is 23.2 Å². The highest BCUT2D eigenvalue weighted by molar-refractivity contribution is 7.93. The van der Waals surface area contributed by atoms with Crippen molar-refractivity contribution in [1.82, 2.24) is 5.32 Å². The Labute approximate surface area is 141 Å². The first kappa shape index (κ1) is 15.8. The Morgan fingerprint density at radius 3 is 2.17 bits per heavy atom. The Hall–Kier alpha value is -2.09. The van der Waals surface area contributed by atoms with Crippen molar-refractivity contribution in [1.29, 1.82) is 0 Å². The van der Waals surface area contributed by atoms with E-state index in [1.54, 1.807) is 0 Å². The molecule has 23 heavy (non-hydrogen) atoms. The summed E-state index contributed by atoms with van der Waals surface area (Å²) in [5.41, 5.74) is 0.402. The number of amides is 2. The Morgan fingerprint density at radius 1 is 0.913 bits per heavy atom. The summed E-state index contributed by atoms with van der Waals surface area (Å²) in [4.78, 5) is 22.8. The van der Waals surface area contributed by atoms with E-state index in [2.05, 4.69) is 10.0 Å². The number of fused-ring (bicyclic) bond motifs is 1. The number of anilines is 1. The molecule has 118 valence electrons. The normalized spacial score (nSPS) is 13.7. The smallest absolute Gasteiger partial charge is 0.264 e. The predicted molar refractivity (Wildman–Crippen MR) is 85.5 cm³/mol. The predicted octanol–water partition coefficient (Wildman–Crippen LogP) is 2.68. The lowest BCUT2D eigenvalue weighted by Crippen LogP contribution is -2.19. The molecule has 2 N–H and O–H groups in total. The first-order valence-corrected chi connectivity index (χ1v) is 8.50. The number of halogens is 2. The van der Waals surface area contributed by atoms with Crippen LogP contribution in [0.25, 0.3) is 0 Å². The van der Waals surface area contributed by atoms with Crippen LogP contribution in [-0.4, -0.2) is 20.2 Å². The Morgan fingerprint density at radius 2 is 1.52 bits per heavy atom. The van der Waals surface area contributed by atoms with Crippen molar-refractivity contribution in [3.63, 3.8) is 0 Å². The van der Waals surface area contributed by atoms with E-state index in [9.17, 15) is 18.0 Å². The van der Waals surface area contributed by atoms with Crippen molar-refractivity contribution in [2.75, 3.05) is 4.72 Å². The van der Waals surface area contributed by atoms with Gasteiger partial charge in [-0.1, -0.05) is 29.3 Å². The lowest BCUT2D eigenvalue weighted by Gasteiger charge is -2.11. The van der Waals surface area contributed by atoms with Crippen LogP contribution in [0.1, 0.15) is 20.7 Å². The van der Waals surface area contributed by atoms with E-state index in [-0.39, 0.29) is 31.8 Å². The third-order valence-corrected chi connectivity index (χ3v) is 5.51. The van der Waals surface area contributed by atoms with Gasteiger partial charge >= 0.3 is 0 Å². The second-order valence-electron chi connectivity index (χ2n) is 4.70. The lowest BCUT2D eigenvalue weighted by molar-refractivity contribution is 0.0879. The number of benzene rings is 2. The van der Waals surface area contributed by atoms with Crippen molar-refractivity contribution < 1.29 is 18.0 Å². The summed E-state index contributed by atoms with van der Waals surface area (Å²) in [5.74, 6) is -1.10. The molecule has 0 spiro atoms. The molecule has 9 heteroatoms. The minimum absolute atomic E-state index is 0.0286. The zero-order valence-electron chi connectivity index (χ0n) is 11.3. The van der Waals surface area contributed by atoms with Crippen molar-refractivity contribution in [3.8, 4) is 0 Å². The molecule has 0 unspecified atom stereocenters. The number of carbonyl (C=O) groups is 2. The van der Waals surface area contributed by atoms with Gasteiger partial charge in [-0.2, -0.15) is 0 Å². The molecule has 1 aliphatic heterocycles. The van der Waals surface area contributed by atoms with Gasteiger partial charge in [0, 0.05) is 5.69 Å². The number of carbonyl (C=O) groups excluding carboxylic acids is 2. The SMILES string of the molecule is O=C1NC(=O)c2cc(NS(=O)(=O)c3c(Cl)cccc3Cl)ccc21. The van der Waals surface area contributed by atoms with Crippen molar-refractivity contribution >= 4 is 50.7 Å². The zero-order chi connectivity index (χ0) is 16.8. The molecule has 1 heterocycles. The van der Waals surface area contributed by atoms with E-state index >= 15 is 0 Å². The summed E-state index contributed by atoms with van der Waals surface area (Å²) in [6.45, 7) is 0. The summed E-state index contributed by atoms with van der Waals surface area (Å²) in [6.07, 6.45) is 0. The van der Waals surface area contributed by atoms with Gasteiger partial charge in [0.25, 0.3) is 21.8 Å². The molecule has 6 nitrogen and oxygen atoms in total. The molecule has 1 aliphatic rings. The Bertz CT molecular complexity index is 937. The van der Waals surface area contributed by atoms with Crippen molar-refractivity contribution in [2.24, 2.45) is 0 Å². The molecule has 0 bridgehead atoms. The van der Waals surface area contributed by atoms with Gasteiger partial charge in [-0.3, -0.25) is 19.6 Å². The molecule has 0 aromatic heterocycles. The second kappa shape index (κ2) is 5.52. The number of rotatable bonds is 3. The molecule has 0 radical (unpaired) electrons. The summed E-state index contributed by atoms with van der Waals surface area (Å²) in [6, 6.07) is 8.33. The van der Waals surface area contributed by atoms with Crippen LogP contribution in [0.3, 0.4) is 0 Å². The monoisotopic (exact) mass is 370 g/mol. The highest BCUT2D eigenvalue weighted by atomic mass is 35.5. The fourth-order valence-corrected chi connectivity index (χ4v) is 4.37. The molecule has 0 saturated heterocycles. The molecular weight excluding hydrogens is 363 g/mol. The molecule has 2 aromatic rings. The van der Waals surface area contributed by atoms with Gasteiger partial charge in [0.15, 0.2) is 0 Å². The van der Waals surface area contributed by atoms with Crippen LogP contribution in [0, 0.1) is 0 Å². The maximum Gasteiger partial charge on any atom is 0.264 e. The zero-order valence-corrected chi connectivity index (χ0v) is 13.6. The van der Waals surface area contributed by atoms with Crippen LogP contribution in [0.2, 0.25) is 10.0 Å². The highest BCUT2D eigenvalue weighted by Crippen LogP contribution is 2.31. The van der Waals surface area contributed by atoms with Crippen LogP contribution >= 0.6 is 23.2 Å². The Balaban J connectivity index is 2.01. The van der Waals surface area contributed by atoms with Crippen LogP contribution < -0.4 is 10.0 Å². The van der Waals surface area contributed by atoms with Crippen LogP contribution in [0.4, 0.5) is 5.69 Å². The molecule has 0 aliphatic carbocycles. The van der Waals surface area contributed by atoms with E-state index in [0.717, 1.165) is 0 Å². The molecule has 0 saturated carbocycles. The molecule has 3 rings (SSSR count). The highest BCUT2D eigenvalue weighted by Gasteiger charge is 2.28. The van der Waals surface area contributed by atoms with Gasteiger partial charge in [-0.25, -0.2) is 8.42 Å². The van der Waals surface area contributed by atoms with E-state index in [1.807, 2.05) is 0 Å². The fourth-order valence-electron chi connectivity index (χ4n) is 2.18. The number of hydrogen-bond acceptors (Lipinski definition) is 4. The number of nitrogens with one attached hydrogen (secondary N) is 2. The van der Waals surface area contributed by atoms with Crippen LogP contribution in [-0.2, 0) is 10.0 Å². The fraction of sp³-hybridized carbons (Fsp3) is 0. The minimum atomic E-state index is -4.05. The van der Waals surface area contributed by atoms with Gasteiger partial charge in [0.1, 0.15) is 4.90 Å². The van der Waals surface area contributed by atoms with E-state index in [1.165, 1.54) is 36.4 Å².